The molecule has 0 unspecified atom stereocenters. The largest absolute Gasteiger partial charge is 0.386 e. The summed E-state index contributed by atoms with van der Waals surface area (Å²) in [5.41, 5.74) is 0.584. The van der Waals surface area contributed by atoms with Crippen LogP contribution in [0.2, 0.25) is 0 Å². The van der Waals surface area contributed by atoms with Gasteiger partial charge in [-0.25, -0.2) is 12.8 Å². The Kier molecular flexibility index (Phi) is 6.69. The number of sulfonamides is 1. The molecule has 8 nitrogen and oxygen atoms in total. The summed E-state index contributed by atoms with van der Waals surface area (Å²) in [4.78, 5) is 15.4. The summed E-state index contributed by atoms with van der Waals surface area (Å²) in [5.74, 6) is -1.66. The van der Waals surface area contributed by atoms with Crippen LogP contribution < -0.4 is 5.32 Å². The van der Waals surface area contributed by atoms with E-state index < -0.39 is 46.8 Å². The number of nitrogens with one attached hydrogen (secondary N) is 1. The zero-order valence-electron chi connectivity index (χ0n) is 17.9. The Labute approximate surface area is 194 Å². The molecule has 1 aromatic carbocycles. The zero-order chi connectivity index (χ0) is 24.7. The third-order valence-electron chi connectivity index (χ3n) is 6.08. The Bertz CT molecular complexity index is 1140. The van der Waals surface area contributed by atoms with Crippen molar-refractivity contribution in [2.45, 2.75) is 42.3 Å². The van der Waals surface area contributed by atoms with Gasteiger partial charge in [0.15, 0.2) is 0 Å². The molecule has 1 aliphatic heterocycles. The summed E-state index contributed by atoms with van der Waals surface area (Å²) >= 11 is 0. The van der Waals surface area contributed by atoms with Crippen LogP contribution in [0, 0.1) is 0 Å². The standard InChI is InChI=1S/C22H24F3N3O5S/c23-9-17(27-21(30)20(24)25)19(29)14-3-1-13(2-4-14)15-5-8-18(26-10-15)22(31)11-28(12-22)34(32,33)16-6-7-16/h1-5,8,10,16-17,19-20,29,31H,6-7,9,11-12H2,(H,27,30)/t17-,19-/m1/s1. The number of benzene rings is 1. The monoisotopic (exact) mass is 499 g/mol. The molecule has 0 spiro atoms. The fourth-order valence-electron chi connectivity index (χ4n) is 3.85. The fourth-order valence-corrected chi connectivity index (χ4v) is 5.79. The summed E-state index contributed by atoms with van der Waals surface area (Å²) in [6.07, 6.45) is -2.02. The highest BCUT2D eigenvalue weighted by Crippen LogP contribution is 2.39. The predicted octanol–water partition coefficient (Wildman–Crippen LogP) is 1.50. The highest BCUT2D eigenvalue weighted by molar-refractivity contribution is 7.90. The van der Waals surface area contributed by atoms with E-state index in [1.54, 1.807) is 29.6 Å². The average Bonchev–Trinajstić information content (AvgIpc) is 3.66. The van der Waals surface area contributed by atoms with Gasteiger partial charge in [0, 0.05) is 24.8 Å². The van der Waals surface area contributed by atoms with Gasteiger partial charge in [0.1, 0.15) is 18.4 Å². The molecule has 1 aliphatic carbocycles. The van der Waals surface area contributed by atoms with Crippen LogP contribution in [0.15, 0.2) is 42.6 Å². The molecule has 184 valence electrons. The molecule has 3 N–H and O–H groups in total. The van der Waals surface area contributed by atoms with Crippen molar-refractivity contribution in [3.8, 4) is 11.1 Å². The van der Waals surface area contributed by atoms with E-state index in [0.717, 1.165) is 0 Å². The van der Waals surface area contributed by atoms with Crippen LogP contribution in [0.4, 0.5) is 13.2 Å². The molecular formula is C22H24F3N3O5S. The lowest BCUT2D eigenvalue weighted by molar-refractivity contribution is -0.133. The Balaban J connectivity index is 1.41. The van der Waals surface area contributed by atoms with Crippen molar-refractivity contribution in [3.05, 3.63) is 53.9 Å². The summed E-state index contributed by atoms with van der Waals surface area (Å²) in [7, 11) is -3.35. The maximum atomic E-state index is 13.2. The van der Waals surface area contributed by atoms with Crippen LogP contribution >= 0.6 is 0 Å². The molecule has 0 radical (unpaired) electrons. The van der Waals surface area contributed by atoms with Gasteiger partial charge in [-0.3, -0.25) is 9.78 Å². The number of halogens is 3. The van der Waals surface area contributed by atoms with E-state index in [1.807, 2.05) is 0 Å². The van der Waals surface area contributed by atoms with Crippen molar-refractivity contribution in [3.63, 3.8) is 0 Å². The van der Waals surface area contributed by atoms with E-state index in [9.17, 15) is 36.6 Å². The van der Waals surface area contributed by atoms with Crippen LogP contribution in [0.3, 0.4) is 0 Å². The van der Waals surface area contributed by atoms with E-state index in [-0.39, 0.29) is 23.9 Å². The van der Waals surface area contributed by atoms with Crippen LogP contribution in [0.1, 0.15) is 30.2 Å². The molecule has 1 saturated carbocycles. The number of aliphatic hydroxyl groups is 2. The number of alkyl halides is 3. The van der Waals surface area contributed by atoms with Gasteiger partial charge in [0.25, 0.3) is 5.91 Å². The van der Waals surface area contributed by atoms with Crippen LogP contribution in [-0.4, -0.2) is 71.3 Å². The number of amides is 1. The maximum absolute atomic E-state index is 13.2. The lowest BCUT2D eigenvalue weighted by Gasteiger charge is -2.44. The van der Waals surface area contributed by atoms with Crippen molar-refractivity contribution >= 4 is 15.9 Å². The van der Waals surface area contributed by atoms with Crippen LogP contribution in [0.5, 0.6) is 0 Å². The number of β-amino-alcohol motifs (C(OH)–C–C–N with tert-alkyl or cyclic N) is 1. The molecule has 2 aromatic rings. The third kappa shape index (κ3) is 4.81. The van der Waals surface area contributed by atoms with Gasteiger partial charge in [0.05, 0.1) is 17.0 Å². The van der Waals surface area contributed by atoms with Crippen molar-refractivity contribution in [2.75, 3.05) is 19.8 Å². The number of nitrogens with zero attached hydrogens (tertiary/aromatic N) is 2. The molecule has 12 heteroatoms. The quantitative estimate of drug-likeness (QED) is 0.481. The number of carbonyl (C=O) groups is 1. The van der Waals surface area contributed by atoms with Gasteiger partial charge < -0.3 is 15.5 Å². The Morgan fingerprint density at radius 2 is 1.76 bits per heavy atom. The molecule has 2 fully saturated rings. The molecule has 1 aromatic heterocycles. The molecular weight excluding hydrogens is 475 g/mol. The highest BCUT2D eigenvalue weighted by Gasteiger charge is 2.52. The number of carbonyl (C=O) groups excluding carboxylic acids is 1. The SMILES string of the molecule is O=C(N[C@H](CF)[C@H](O)c1ccc(-c2ccc(C3(O)CN(S(=O)(=O)C4CC4)C3)nc2)cc1)C(F)F. The average molecular weight is 500 g/mol. The minimum Gasteiger partial charge on any atom is -0.386 e. The van der Waals surface area contributed by atoms with Gasteiger partial charge in [-0.15, -0.1) is 0 Å². The van der Waals surface area contributed by atoms with Gasteiger partial charge in [-0.1, -0.05) is 30.3 Å². The molecule has 1 amide bonds. The Morgan fingerprint density at radius 3 is 2.26 bits per heavy atom. The van der Waals surface area contributed by atoms with Gasteiger partial charge in [-0.05, 0) is 30.0 Å². The Hall–Kier alpha value is -2.54. The minimum atomic E-state index is -3.35. The fraction of sp³-hybridized carbons (Fsp3) is 0.455. The van der Waals surface area contributed by atoms with Gasteiger partial charge >= 0.3 is 6.43 Å². The van der Waals surface area contributed by atoms with E-state index in [4.69, 9.17) is 0 Å². The third-order valence-corrected chi connectivity index (χ3v) is 8.37. The topological polar surface area (TPSA) is 120 Å². The van der Waals surface area contributed by atoms with Gasteiger partial charge in [-0.2, -0.15) is 13.1 Å². The van der Waals surface area contributed by atoms with Gasteiger partial charge in [0.2, 0.25) is 10.0 Å². The van der Waals surface area contributed by atoms with Crippen molar-refractivity contribution < 1.29 is 36.6 Å². The second-order valence-corrected chi connectivity index (χ2v) is 10.8. The number of aromatic nitrogens is 1. The van der Waals surface area contributed by atoms with E-state index in [1.165, 1.54) is 22.6 Å². The normalized spacial score (nSPS) is 19.9. The van der Waals surface area contributed by atoms with Crippen molar-refractivity contribution in [1.82, 2.24) is 14.6 Å². The van der Waals surface area contributed by atoms with Crippen molar-refractivity contribution in [2.24, 2.45) is 0 Å². The molecule has 2 atom stereocenters. The first-order valence-electron chi connectivity index (χ1n) is 10.7. The van der Waals surface area contributed by atoms with E-state index >= 15 is 0 Å². The molecule has 2 heterocycles. The van der Waals surface area contributed by atoms with E-state index in [2.05, 4.69) is 4.98 Å². The second-order valence-electron chi connectivity index (χ2n) is 8.61. The smallest absolute Gasteiger partial charge is 0.315 e. The molecule has 4 rings (SSSR count). The first-order valence-corrected chi connectivity index (χ1v) is 12.2. The maximum Gasteiger partial charge on any atom is 0.315 e. The summed E-state index contributed by atoms with van der Waals surface area (Å²) in [6.45, 7) is -1.31. The number of hydrogen-bond donors (Lipinski definition) is 3. The molecule has 34 heavy (non-hydrogen) atoms. The second kappa shape index (κ2) is 9.25. The minimum absolute atomic E-state index is 0.0391. The van der Waals surface area contributed by atoms with E-state index in [0.29, 0.717) is 29.7 Å². The lowest BCUT2D eigenvalue weighted by Crippen LogP contribution is -2.62. The van der Waals surface area contributed by atoms with Crippen LogP contribution in [0.25, 0.3) is 11.1 Å². The first kappa shape index (κ1) is 24.6. The molecule has 0 bridgehead atoms. The highest BCUT2D eigenvalue weighted by atomic mass is 32.2. The number of rotatable bonds is 9. The summed E-state index contributed by atoms with van der Waals surface area (Å²) < 4.78 is 63.8. The predicted molar refractivity (Wildman–Crippen MR) is 116 cm³/mol. The lowest BCUT2D eigenvalue weighted by atomic mass is 9.92. The number of hydrogen-bond acceptors (Lipinski definition) is 6. The Morgan fingerprint density at radius 1 is 1.15 bits per heavy atom. The molecule has 1 saturated heterocycles. The van der Waals surface area contributed by atoms with Crippen LogP contribution in [-0.2, 0) is 20.4 Å². The zero-order valence-corrected chi connectivity index (χ0v) is 18.8. The molecule has 2 aliphatic rings. The number of aliphatic hydroxyl groups excluding tert-OH is 1. The number of pyridine rings is 1. The summed E-state index contributed by atoms with van der Waals surface area (Å²) in [6, 6.07) is 7.98. The summed E-state index contributed by atoms with van der Waals surface area (Å²) in [5, 5.41) is 22.4. The first-order chi connectivity index (χ1) is 16.0. The van der Waals surface area contributed by atoms with Crippen molar-refractivity contribution in [1.29, 1.82) is 0 Å².